The summed E-state index contributed by atoms with van der Waals surface area (Å²) in [6, 6.07) is 4.20. The van der Waals surface area contributed by atoms with Gasteiger partial charge in [-0.2, -0.15) is 13.2 Å². The van der Waals surface area contributed by atoms with E-state index in [0.717, 1.165) is 6.07 Å². The SMILES string of the molecule is Cc1cc(-c2nnc(NCC3OCCO3)o2)nc2c(OCC(F)(F)F)cc(O)cc12. The maximum absolute atomic E-state index is 12.6. The van der Waals surface area contributed by atoms with Crippen molar-refractivity contribution in [3.63, 3.8) is 0 Å². The molecule has 0 bridgehead atoms. The summed E-state index contributed by atoms with van der Waals surface area (Å²) in [5, 5.41) is 21.0. The molecule has 30 heavy (non-hydrogen) atoms. The molecule has 0 aliphatic carbocycles. The Balaban J connectivity index is 1.62. The molecule has 0 atom stereocenters. The van der Waals surface area contributed by atoms with E-state index in [1.165, 1.54) is 6.07 Å². The lowest BCUT2D eigenvalue weighted by atomic mass is 10.1. The average Bonchev–Trinajstić information content (AvgIpc) is 3.36. The second kappa shape index (κ2) is 7.95. The van der Waals surface area contributed by atoms with Gasteiger partial charge in [-0.25, -0.2) is 4.98 Å². The molecule has 3 heterocycles. The number of anilines is 1. The van der Waals surface area contributed by atoms with Gasteiger partial charge in [0.2, 0.25) is 0 Å². The number of ether oxygens (including phenoxy) is 3. The number of hydrogen-bond acceptors (Lipinski definition) is 9. The average molecular weight is 426 g/mol. The molecule has 1 aromatic carbocycles. The van der Waals surface area contributed by atoms with E-state index in [0.29, 0.717) is 30.7 Å². The van der Waals surface area contributed by atoms with Crippen molar-refractivity contribution < 1.29 is 36.9 Å². The molecule has 0 spiro atoms. The standard InChI is InChI=1S/C18H17F3N4O5/c1-9-4-12(16-24-25-17(30-16)22-7-14-27-2-3-28-14)23-15-11(9)5-10(26)6-13(15)29-8-18(19,20)21/h4-6,14,26H,2-3,7-8H2,1H3,(H,22,25). The minimum Gasteiger partial charge on any atom is -0.508 e. The van der Waals surface area contributed by atoms with Crippen LogP contribution in [0.25, 0.3) is 22.5 Å². The van der Waals surface area contributed by atoms with Crippen molar-refractivity contribution in [1.82, 2.24) is 15.2 Å². The molecule has 12 heteroatoms. The fourth-order valence-corrected chi connectivity index (χ4v) is 2.92. The zero-order valence-corrected chi connectivity index (χ0v) is 15.7. The van der Waals surface area contributed by atoms with Crippen LogP contribution < -0.4 is 10.1 Å². The summed E-state index contributed by atoms with van der Waals surface area (Å²) in [7, 11) is 0. The van der Waals surface area contributed by atoms with E-state index in [-0.39, 0.29) is 34.6 Å². The number of hydrogen-bond donors (Lipinski definition) is 2. The van der Waals surface area contributed by atoms with E-state index in [4.69, 9.17) is 18.6 Å². The maximum Gasteiger partial charge on any atom is 0.422 e. The number of aromatic hydroxyl groups is 1. The molecule has 9 nitrogen and oxygen atoms in total. The molecule has 0 amide bonds. The number of nitrogens with one attached hydrogen (secondary N) is 1. The lowest BCUT2D eigenvalue weighted by Crippen LogP contribution is -2.20. The van der Waals surface area contributed by atoms with Gasteiger partial charge in [0.05, 0.1) is 19.8 Å². The Morgan fingerprint density at radius 3 is 2.70 bits per heavy atom. The van der Waals surface area contributed by atoms with E-state index in [1.54, 1.807) is 13.0 Å². The topological polar surface area (TPSA) is 112 Å². The van der Waals surface area contributed by atoms with Crippen LogP contribution in [0.5, 0.6) is 11.5 Å². The lowest BCUT2D eigenvalue weighted by molar-refractivity contribution is -0.153. The number of phenolic OH excluding ortho intramolecular Hbond substituents is 1. The van der Waals surface area contributed by atoms with Crippen LogP contribution >= 0.6 is 0 Å². The number of benzene rings is 1. The van der Waals surface area contributed by atoms with E-state index >= 15 is 0 Å². The molecule has 1 aliphatic rings. The highest BCUT2D eigenvalue weighted by molar-refractivity contribution is 5.90. The number of aryl methyl sites for hydroxylation is 1. The molecule has 1 aliphatic heterocycles. The van der Waals surface area contributed by atoms with E-state index in [9.17, 15) is 18.3 Å². The molecule has 1 saturated heterocycles. The monoisotopic (exact) mass is 426 g/mol. The van der Waals surface area contributed by atoms with Gasteiger partial charge in [0.25, 0.3) is 5.89 Å². The second-order valence-electron chi connectivity index (χ2n) is 6.53. The van der Waals surface area contributed by atoms with Gasteiger partial charge < -0.3 is 29.1 Å². The third kappa shape index (κ3) is 4.54. The van der Waals surface area contributed by atoms with Crippen LogP contribution in [-0.4, -0.2) is 59.1 Å². The fourth-order valence-electron chi connectivity index (χ4n) is 2.92. The summed E-state index contributed by atoms with van der Waals surface area (Å²) in [4.78, 5) is 4.32. The number of halogens is 3. The smallest absolute Gasteiger partial charge is 0.422 e. The van der Waals surface area contributed by atoms with E-state index in [1.807, 2.05) is 0 Å². The first-order chi connectivity index (χ1) is 14.3. The summed E-state index contributed by atoms with van der Waals surface area (Å²) in [6.45, 7) is 1.52. The molecular weight excluding hydrogens is 409 g/mol. The largest absolute Gasteiger partial charge is 0.508 e. The van der Waals surface area contributed by atoms with Crippen molar-refractivity contribution in [3.05, 3.63) is 23.8 Å². The van der Waals surface area contributed by atoms with Crippen molar-refractivity contribution in [1.29, 1.82) is 0 Å². The van der Waals surface area contributed by atoms with Crippen molar-refractivity contribution in [2.75, 3.05) is 31.7 Å². The first kappa shape index (κ1) is 20.2. The van der Waals surface area contributed by atoms with Gasteiger partial charge in [-0.05, 0) is 24.6 Å². The van der Waals surface area contributed by atoms with Crippen molar-refractivity contribution in [2.45, 2.75) is 19.4 Å². The second-order valence-corrected chi connectivity index (χ2v) is 6.53. The first-order valence-corrected chi connectivity index (χ1v) is 8.93. The highest BCUT2D eigenvalue weighted by Gasteiger charge is 2.29. The predicted octanol–water partition coefficient (Wildman–Crippen LogP) is 3.02. The molecule has 0 unspecified atom stereocenters. The van der Waals surface area contributed by atoms with Crippen LogP contribution in [0.2, 0.25) is 0 Å². The summed E-state index contributed by atoms with van der Waals surface area (Å²) >= 11 is 0. The van der Waals surface area contributed by atoms with Crippen molar-refractivity contribution in [3.8, 4) is 23.1 Å². The van der Waals surface area contributed by atoms with Crippen LogP contribution in [0.15, 0.2) is 22.6 Å². The molecule has 3 aromatic rings. The zero-order chi connectivity index (χ0) is 21.3. The number of pyridine rings is 1. The summed E-state index contributed by atoms with van der Waals surface area (Å²) in [5.41, 5.74) is 1.01. The Bertz CT molecular complexity index is 1050. The molecule has 2 aromatic heterocycles. The van der Waals surface area contributed by atoms with E-state index in [2.05, 4.69) is 20.5 Å². The first-order valence-electron chi connectivity index (χ1n) is 8.93. The van der Waals surface area contributed by atoms with Gasteiger partial charge >= 0.3 is 12.2 Å². The fraction of sp³-hybridized carbons (Fsp3) is 0.389. The quantitative estimate of drug-likeness (QED) is 0.614. The van der Waals surface area contributed by atoms with E-state index < -0.39 is 19.1 Å². The number of rotatable bonds is 6. The zero-order valence-electron chi connectivity index (χ0n) is 15.7. The minimum atomic E-state index is -4.54. The third-order valence-corrected chi connectivity index (χ3v) is 4.22. The van der Waals surface area contributed by atoms with Crippen LogP contribution in [0.1, 0.15) is 5.56 Å². The molecule has 4 rings (SSSR count). The van der Waals surface area contributed by atoms with Gasteiger partial charge in [0.1, 0.15) is 22.7 Å². The normalized spacial score (nSPS) is 15.1. The molecular formula is C18H17F3N4O5. The number of fused-ring (bicyclic) bond motifs is 1. The minimum absolute atomic E-state index is 0.0607. The Morgan fingerprint density at radius 1 is 1.20 bits per heavy atom. The maximum atomic E-state index is 12.6. The van der Waals surface area contributed by atoms with Gasteiger partial charge in [-0.1, -0.05) is 5.10 Å². The third-order valence-electron chi connectivity index (χ3n) is 4.22. The Morgan fingerprint density at radius 2 is 1.97 bits per heavy atom. The summed E-state index contributed by atoms with van der Waals surface area (Å²) < 4.78 is 58.7. The molecule has 0 saturated carbocycles. The Labute approximate surface area is 167 Å². The summed E-state index contributed by atoms with van der Waals surface area (Å²) in [5.74, 6) is -0.385. The number of nitrogens with zero attached hydrogens (tertiary/aromatic N) is 3. The van der Waals surface area contributed by atoms with Crippen LogP contribution in [0.3, 0.4) is 0 Å². The van der Waals surface area contributed by atoms with Crippen LogP contribution in [0, 0.1) is 6.92 Å². The Kier molecular flexibility index (Phi) is 5.35. The van der Waals surface area contributed by atoms with Crippen LogP contribution in [0.4, 0.5) is 19.2 Å². The number of phenols is 1. The predicted molar refractivity (Wildman–Crippen MR) is 97.2 cm³/mol. The highest BCUT2D eigenvalue weighted by atomic mass is 19.4. The molecule has 0 radical (unpaired) electrons. The van der Waals surface area contributed by atoms with Crippen molar-refractivity contribution >= 4 is 16.9 Å². The molecule has 160 valence electrons. The van der Waals surface area contributed by atoms with Gasteiger partial charge in [-0.3, -0.25) is 0 Å². The summed E-state index contributed by atoms with van der Waals surface area (Å²) in [6.07, 6.45) is -4.95. The van der Waals surface area contributed by atoms with Gasteiger partial charge in [-0.15, -0.1) is 5.10 Å². The number of alkyl halides is 3. The van der Waals surface area contributed by atoms with Gasteiger partial charge in [0.15, 0.2) is 12.9 Å². The lowest BCUT2D eigenvalue weighted by Gasteiger charge is -2.13. The molecule has 1 fully saturated rings. The molecule has 2 N–H and O–H groups in total. The Hall–Kier alpha value is -3.12. The van der Waals surface area contributed by atoms with Crippen molar-refractivity contribution in [2.24, 2.45) is 0 Å². The van der Waals surface area contributed by atoms with Crippen LogP contribution in [-0.2, 0) is 9.47 Å². The number of aromatic nitrogens is 3. The highest BCUT2D eigenvalue weighted by Crippen LogP contribution is 2.34. The van der Waals surface area contributed by atoms with Gasteiger partial charge in [0, 0.05) is 11.5 Å².